The molecule has 4 atom stereocenters. The van der Waals surface area contributed by atoms with Gasteiger partial charge in [-0.15, -0.1) is 0 Å². The Morgan fingerprint density at radius 2 is 1.24 bits per heavy atom. The molecule has 214 valence electrons. The van der Waals surface area contributed by atoms with E-state index in [0.717, 1.165) is 0 Å². The third-order valence-corrected chi connectivity index (χ3v) is 6.78. The largest absolute Gasteiger partial charge is 0.481 e. The molecule has 2 rings (SSSR count). The zero-order valence-corrected chi connectivity index (χ0v) is 22.6. The minimum absolute atomic E-state index is 0.279. The Balaban J connectivity index is 0.000000389. The van der Waals surface area contributed by atoms with E-state index in [1.165, 1.54) is 14.1 Å². The Morgan fingerprint density at radius 1 is 0.789 bits per heavy atom. The van der Waals surface area contributed by atoms with E-state index in [0.29, 0.717) is 51.4 Å². The minimum atomic E-state index is -1.07. The number of alkyl carbamates (subject to hydrolysis) is 2. The Bertz CT molecular complexity index is 904. The molecule has 0 aromatic heterocycles. The SMILES string of the molecule is CNC(=O)O[C@@H]1/C=C/CC[C@](C)(C(=O)NCC(=O)O)CC1.CNC(=O)O[C@@H]1/C=C/CC[C@](C)(C(=O)O)CC1. The molecular weight excluding hydrogens is 498 g/mol. The first-order valence-electron chi connectivity index (χ1n) is 12.7. The number of hydrogen-bond donors (Lipinski definition) is 5. The lowest BCUT2D eigenvalue weighted by Crippen LogP contribution is -2.42. The Labute approximate surface area is 223 Å². The molecule has 38 heavy (non-hydrogen) atoms. The van der Waals surface area contributed by atoms with Crippen LogP contribution in [0, 0.1) is 10.8 Å². The number of carbonyl (C=O) groups is 5. The highest BCUT2D eigenvalue weighted by Gasteiger charge is 2.35. The van der Waals surface area contributed by atoms with Crippen LogP contribution >= 0.6 is 0 Å². The van der Waals surface area contributed by atoms with Crippen molar-refractivity contribution in [2.75, 3.05) is 20.6 Å². The molecule has 2 aliphatic rings. The molecule has 0 heterocycles. The second-order valence-corrected chi connectivity index (χ2v) is 9.90. The van der Waals surface area contributed by atoms with Gasteiger partial charge in [0.1, 0.15) is 18.8 Å². The Hall–Kier alpha value is -3.57. The van der Waals surface area contributed by atoms with Gasteiger partial charge in [-0.2, -0.15) is 0 Å². The molecule has 0 aliphatic heterocycles. The highest BCUT2D eigenvalue weighted by Crippen LogP contribution is 2.33. The van der Waals surface area contributed by atoms with Gasteiger partial charge in [-0.3, -0.25) is 14.4 Å². The number of carboxylic acids is 2. The zero-order chi connectivity index (χ0) is 28.8. The number of allylic oxidation sites excluding steroid dienone is 2. The maximum Gasteiger partial charge on any atom is 0.407 e. The van der Waals surface area contributed by atoms with Gasteiger partial charge in [-0.1, -0.05) is 19.1 Å². The summed E-state index contributed by atoms with van der Waals surface area (Å²) in [5.74, 6) is -2.14. The normalized spacial score (nSPS) is 28.6. The molecule has 0 saturated heterocycles. The number of ether oxygens (including phenoxy) is 2. The van der Waals surface area contributed by atoms with E-state index in [1.54, 1.807) is 13.8 Å². The summed E-state index contributed by atoms with van der Waals surface area (Å²) in [6.07, 6.45) is 10.4. The van der Waals surface area contributed by atoms with Gasteiger partial charge in [0.05, 0.1) is 5.41 Å². The third-order valence-electron chi connectivity index (χ3n) is 6.78. The molecule has 12 heteroatoms. The first-order valence-corrected chi connectivity index (χ1v) is 12.7. The van der Waals surface area contributed by atoms with Gasteiger partial charge in [-0.25, -0.2) is 9.59 Å². The second kappa shape index (κ2) is 15.6. The van der Waals surface area contributed by atoms with Crippen LogP contribution in [0.4, 0.5) is 9.59 Å². The smallest absolute Gasteiger partial charge is 0.407 e. The Kier molecular flexibility index (Phi) is 13.3. The molecule has 3 amide bonds. The summed E-state index contributed by atoms with van der Waals surface area (Å²) in [4.78, 5) is 56.2. The lowest BCUT2D eigenvalue weighted by atomic mass is 9.78. The van der Waals surface area contributed by atoms with Gasteiger partial charge in [0.15, 0.2) is 0 Å². The fourth-order valence-corrected chi connectivity index (χ4v) is 4.06. The molecule has 0 spiro atoms. The van der Waals surface area contributed by atoms with Gasteiger partial charge in [0, 0.05) is 19.5 Å². The number of aliphatic carboxylic acids is 2. The quantitative estimate of drug-likeness (QED) is 0.317. The van der Waals surface area contributed by atoms with Crippen LogP contribution in [-0.4, -0.2) is 73.1 Å². The van der Waals surface area contributed by atoms with Crippen molar-refractivity contribution in [3.63, 3.8) is 0 Å². The summed E-state index contributed by atoms with van der Waals surface area (Å²) in [7, 11) is 2.98. The summed E-state index contributed by atoms with van der Waals surface area (Å²) < 4.78 is 10.3. The predicted molar refractivity (Wildman–Crippen MR) is 138 cm³/mol. The van der Waals surface area contributed by atoms with Gasteiger partial charge < -0.3 is 35.6 Å². The van der Waals surface area contributed by atoms with Crippen molar-refractivity contribution in [2.24, 2.45) is 10.8 Å². The van der Waals surface area contributed by atoms with Gasteiger partial charge in [0.25, 0.3) is 0 Å². The molecular formula is C26H41N3O9. The number of rotatable bonds is 6. The van der Waals surface area contributed by atoms with Crippen molar-refractivity contribution in [1.82, 2.24) is 16.0 Å². The van der Waals surface area contributed by atoms with Gasteiger partial charge in [-0.05, 0) is 70.4 Å². The van der Waals surface area contributed by atoms with Crippen LogP contribution in [0.1, 0.15) is 65.2 Å². The molecule has 0 aromatic carbocycles. The highest BCUT2D eigenvalue weighted by molar-refractivity contribution is 5.85. The summed E-state index contributed by atoms with van der Waals surface area (Å²) in [6.45, 7) is 3.16. The molecule has 0 aromatic rings. The van der Waals surface area contributed by atoms with E-state index in [-0.39, 0.29) is 24.7 Å². The van der Waals surface area contributed by atoms with Crippen molar-refractivity contribution in [3.8, 4) is 0 Å². The van der Waals surface area contributed by atoms with E-state index >= 15 is 0 Å². The molecule has 0 fully saturated rings. The molecule has 5 N–H and O–H groups in total. The van der Waals surface area contributed by atoms with Crippen LogP contribution < -0.4 is 16.0 Å². The lowest BCUT2D eigenvalue weighted by Gasteiger charge is -2.30. The summed E-state index contributed by atoms with van der Waals surface area (Å²) >= 11 is 0. The van der Waals surface area contributed by atoms with Crippen LogP contribution in [-0.2, 0) is 23.9 Å². The molecule has 0 bridgehead atoms. The average molecular weight is 540 g/mol. The topological polar surface area (TPSA) is 180 Å². The standard InChI is InChI=1S/C14H22N2O5.C12H19NO4/c1-14(12(19)16-9-11(17)18)7-4-3-5-10(6-8-14)21-13(20)15-2;1-12(10(14)15)7-4-3-5-9(6-8-12)17-11(16)13-2/h3,5,10H,4,6-9H2,1-2H3,(H,15,20)(H,16,19)(H,17,18);3,5,9H,4,6-8H2,1-2H3,(H,13,16)(H,14,15)/b2*5-3+/t10-,14+;9-,12+/m11/s1. The van der Waals surface area contributed by atoms with Crippen molar-refractivity contribution >= 4 is 30.0 Å². The number of amides is 3. The Morgan fingerprint density at radius 3 is 1.66 bits per heavy atom. The first kappa shape index (κ1) is 32.5. The summed E-state index contributed by atoms with van der Waals surface area (Å²) in [5.41, 5.74) is -1.39. The number of carbonyl (C=O) groups excluding carboxylic acids is 3. The monoisotopic (exact) mass is 539 g/mol. The fourth-order valence-electron chi connectivity index (χ4n) is 4.06. The maximum absolute atomic E-state index is 12.2. The van der Waals surface area contributed by atoms with Gasteiger partial charge in [0.2, 0.25) is 5.91 Å². The predicted octanol–water partition coefficient (Wildman–Crippen LogP) is 2.98. The van der Waals surface area contributed by atoms with Crippen molar-refractivity contribution < 1.29 is 43.7 Å². The number of nitrogens with one attached hydrogen (secondary N) is 3. The van der Waals surface area contributed by atoms with E-state index in [4.69, 9.17) is 14.6 Å². The molecule has 0 radical (unpaired) electrons. The maximum atomic E-state index is 12.2. The van der Waals surface area contributed by atoms with Crippen LogP contribution in [0.2, 0.25) is 0 Å². The van der Waals surface area contributed by atoms with E-state index in [1.807, 2.05) is 24.3 Å². The van der Waals surface area contributed by atoms with Crippen LogP contribution in [0.25, 0.3) is 0 Å². The van der Waals surface area contributed by atoms with E-state index < -0.39 is 35.0 Å². The van der Waals surface area contributed by atoms with E-state index in [2.05, 4.69) is 16.0 Å². The highest BCUT2D eigenvalue weighted by atomic mass is 16.6. The van der Waals surface area contributed by atoms with Crippen molar-refractivity contribution in [2.45, 2.75) is 77.4 Å². The van der Waals surface area contributed by atoms with E-state index in [9.17, 15) is 29.1 Å². The first-order chi connectivity index (χ1) is 17.8. The average Bonchev–Trinajstić information content (AvgIpc) is 2.86. The summed E-state index contributed by atoms with van der Waals surface area (Å²) in [6, 6.07) is 0. The molecule has 0 saturated carbocycles. The molecule has 2 aliphatic carbocycles. The van der Waals surface area contributed by atoms with Crippen LogP contribution in [0.3, 0.4) is 0 Å². The zero-order valence-electron chi connectivity index (χ0n) is 22.6. The third kappa shape index (κ3) is 11.2. The molecule has 0 unspecified atom stereocenters. The lowest BCUT2D eigenvalue weighted by molar-refractivity contribution is -0.149. The fraction of sp³-hybridized carbons (Fsp3) is 0.654. The summed E-state index contributed by atoms with van der Waals surface area (Å²) in [5, 5.41) is 25.0. The van der Waals surface area contributed by atoms with Crippen molar-refractivity contribution in [1.29, 1.82) is 0 Å². The van der Waals surface area contributed by atoms with Crippen molar-refractivity contribution in [3.05, 3.63) is 24.3 Å². The van der Waals surface area contributed by atoms with Gasteiger partial charge >= 0.3 is 24.1 Å². The second-order valence-electron chi connectivity index (χ2n) is 9.90. The number of carboxylic acid groups (broad SMARTS) is 2. The van der Waals surface area contributed by atoms with Crippen LogP contribution in [0.15, 0.2) is 24.3 Å². The molecule has 12 nitrogen and oxygen atoms in total. The minimum Gasteiger partial charge on any atom is -0.481 e. The number of hydrogen-bond acceptors (Lipinski definition) is 7. The van der Waals surface area contributed by atoms with Crippen LogP contribution in [0.5, 0.6) is 0 Å².